The van der Waals surface area contributed by atoms with Gasteiger partial charge in [-0.1, -0.05) is 211 Å². The summed E-state index contributed by atoms with van der Waals surface area (Å²) in [5, 5.41) is 4.49. The van der Waals surface area contributed by atoms with Crippen LogP contribution in [0.5, 0.6) is 11.5 Å². The number of nitrogens with zero attached hydrogens (tertiary/aromatic N) is 3. The molecule has 4 aliphatic rings. The lowest BCUT2D eigenvalue weighted by molar-refractivity contribution is 0.436. The van der Waals surface area contributed by atoms with E-state index in [-0.39, 0.29) is 17.5 Å². The number of benzene rings is 12. The fraction of sp³-hybridized carbons (Fsp3) is 0.111. The molecule has 18 rings (SSSR count). The van der Waals surface area contributed by atoms with Gasteiger partial charge in [-0.3, -0.25) is 0 Å². The predicted molar refractivity (Wildman–Crippen MR) is 362 cm³/mol. The van der Waals surface area contributed by atoms with E-state index in [9.17, 15) is 0 Å². The number of rotatable bonds is 4. The molecule has 0 unspecified atom stereocenters. The molecule has 0 amide bonds. The topological polar surface area (TPSA) is 33.8 Å². The summed E-state index contributed by atoms with van der Waals surface area (Å²) in [7, 11) is 0. The largest absolute Gasteiger partial charge is 0.457 e. The lowest BCUT2D eigenvalue weighted by atomic mass is 9.33. The fourth-order valence-corrected chi connectivity index (χ4v) is 15.5. The SMILES string of the molecule is CC(C)(C)c1ccc(N2c3ccc(C(C)(C)C)cc3B3c4cc5c(cc4N(c4ccc(-c6ccccc6)cc4)c4cc(-n6c7ccccc7c7c8oc9ccccc9c8ccc76)cc2c43)C2(c3ccccc3Oc3ccccc32)c2ccccc2-5)cc1. The second-order valence-electron chi connectivity index (χ2n) is 26.4. The minimum absolute atomic E-state index is 0.0293. The van der Waals surface area contributed by atoms with Crippen LogP contribution in [-0.2, 0) is 16.2 Å². The average molecular weight is 1120 g/mol. The molecule has 0 radical (unpaired) electrons. The van der Waals surface area contributed by atoms with Crippen molar-refractivity contribution in [3.05, 3.63) is 288 Å². The molecule has 414 valence electrons. The summed E-state index contributed by atoms with van der Waals surface area (Å²) in [6, 6.07) is 95.5. The van der Waals surface area contributed by atoms with Crippen molar-refractivity contribution in [3.8, 4) is 39.4 Å². The van der Waals surface area contributed by atoms with E-state index < -0.39 is 5.41 Å². The minimum Gasteiger partial charge on any atom is -0.457 e. The van der Waals surface area contributed by atoms with Crippen LogP contribution in [0, 0.1) is 0 Å². The lowest BCUT2D eigenvalue weighted by Gasteiger charge is -2.45. The van der Waals surface area contributed by atoms with Crippen LogP contribution in [0.1, 0.15) is 74.9 Å². The van der Waals surface area contributed by atoms with E-state index in [0.29, 0.717) is 0 Å². The van der Waals surface area contributed by atoms with Crippen LogP contribution in [-0.4, -0.2) is 11.3 Å². The average Bonchev–Trinajstić information content (AvgIpc) is 1.65. The van der Waals surface area contributed by atoms with E-state index >= 15 is 0 Å². The van der Waals surface area contributed by atoms with Crippen molar-refractivity contribution in [1.29, 1.82) is 0 Å². The molecule has 1 aliphatic carbocycles. The number of furan rings is 1. The van der Waals surface area contributed by atoms with Crippen LogP contribution >= 0.6 is 0 Å². The quantitative estimate of drug-likeness (QED) is 0.165. The molecule has 2 aromatic heterocycles. The van der Waals surface area contributed by atoms with Gasteiger partial charge >= 0.3 is 0 Å². The summed E-state index contributed by atoms with van der Waals surface area (Å²) in [5.41, 5.74) is 27.0. The Morgan fingerprint density at radius 1 is 0.379 bits per heavy atom. The van der Waals surface area contributed by atoms with Crippen LogP contribution in [0.4, 0.5) is 34.1 Å². The van der Waals surface area contributed by atoms with Gasteiger partial charge in [-0.15, -0.1) is 0 Å². The highest BCUT2D eigenvalue weighted by molar-refractivity contribution is 7.00. The van der Waals surface area contributed by atoms with E-state index in [2.05, 4.69) is 311 Å². The van der Waals surface area contributed by atoms with Gasteiger partial charge in [0.15, 0.2) is 0 Å². The first-order chi connectivity index (χ1) is 42.4. The number of hydrogen-bond acceptors (Lipinski definition) is 4. The number of fused-ring (bicyclic) bond motifs is 20. The lowest BCUT2D eigenvalue weighted by Crippen LogP contribution is -2.61. The summed E-state index contributed by atoms with van der Waals surface area (Å²) in [6.07, 6.45) is 0. The first-order valence-corrected chi connectivity index (χ1v) is 30.6. The Hall–Kier alpha value is -10.3. The Morgan fingerprint density at radius 3 is 1.67 bits per heavy atom. The van der Waals surface area contributed by atoms with Gasteiger partial charge in [-0.05, 0) is 157 Å². The molecule has 5 heterocycles. The van der Waals surface area contributed by atoms with Crippen LogP contribution in [0.25, 0.3) is 71.7 Å². The molecule has 0 saturated heterocycles. The second-order valence-corrected chi connectivity index (χ2v) is 26.4. The molecule has 5 nitrogen and oxygen atoms in total. The van der Waals surface area contributed by atoms with Crippen molar-refractivity contribution in [2.24, 2.45) is 0 Å². The highest BCUT2D eigenvalue weighted by atomic mass is 16.5. The summed E-state index contributed by atoms with van der Waals surface area (Å²) in [5.74, 6) is 1.75. The number of hydrogen-bond donors (Lipinski definition) is 0. The number of ether oxygens (including phenoxy) is 1. The normalized spacial score (nSPS) is 14.2. The fourth-order valence-electron chi connectivity index (χ4n) is 15.5. The molecular formula is C81H60BN3O2. The summed E-state index contributed by atoms with van der Waals surface area (Å²) >= 11 is 0. The Bertz CT molecular complexity index is 5190. The van der Waals surface area contributed by atoms with Gasteiger partial charge in [0.1, 0.15) is 22.7 Å². The van der Waals surface area contributed by atoms with Gasteiger partial charge in [0.25, 0.3) is 6.71 Å². The van der Waals surface area contributed by atoms with Gasteiger partial charge in [0.2, 0.25) is 0 Å². The van der Waals surface area contributed by atoms with Gasteiger partial charge in [-0.2, -0.15) is 0 Å². The van der Waals surface area contributed by atoms with Gasteiger partial charge in [-0.25, -0.2) is 0 Å². The predicted octanol–water partition coefficient (Wildman–Crippen LogP) is 19.5. The van der Waals surface area contributed by atoms with Crippen LogP contribution < -0.4 is 30.9 Å². The molecule has 3 aliphatic heterocycles. The number of anilines is 6. The zero-order chi connectivity index (χ0) is 58.2. The molecule has 12 aromatic carbocycles. The first kappa shape index (κ1) is 50.1. The number of aromatic nitrogens is 1. The molecule has 0 N–H and O–H groups in total. The van der Waals surface area contributed by atoms with E-state index in [1.165, 1.54) is 66.6 Å². The van der Waals surface area contributed by atoms with Crippen LogP contribution in [0.15, 0.2) is 259 Å². The molecule has 6 heteroatoms. The van der Waals surface area contributed by atoms with E-state index in [4.69, 9.17) is 9.15 Å². The Balaban J connectivity index is 0.997. The minimum atomic E-state index is -0.687. The van der Waals surface area contributed by atoms with Crippen molar-refractivity contribution < 1.29 is 9.15 Å². The number of para-hydroxylation sites is 4. The third-order valence-corrected chi connectivity index (χ3v) is 19.5. The second kappa shape index (κ2) is 17.9. The van der Waals surface area contributed by atoms with Gasteiger partial charge in [0, 0.05) is 61.4 Å². The summed E-state index contributed by atoms with van der Waals surface area (Å²) < 4.78 is 16.3. The maximum atomic E-state index is 6.93. The monoisotopic (exact) mass is 1120 g/mol. The first-order valence-electron chi connectivity index (χ1n) is 30.6. The van der Waals surface area contributed by atoms with Crippen molar-refractivity contribution in [2.75, 3.05) is 9.80 Å². The van der Waals surface area contributed by atoms with E-state index in [0.717, 1.165) is 100 Å². The highest BCUT2D eigenvalue weighted by Gasteiger charge is 2.53. The van der Waals surface area contributed by atoms with Crippen LogP contribution in [0.2, 0.25) is 0 Å². The molecule has 1 spiro atoms. The van der Waals surface area contributed by atoms with Crippen molar-refractivity contribution in [1.82, 2.24) is 4.57 Å². The Morgan fingerprint density at radius 2 is 0.954 bits per heavy atom. The Kier molecular flexibility index (Phi) is 10.3. The molecule has 0 fully saturated rings. The maximum Gasteiger partial charge on any atom is 0.252 e. The van der Waals surface area contributed by atoms with Crippen molar-refractivity contribution >= 4 is 101 Å². The zero-order valence-electron chi connectivity index (χ0n) is 49.5. The summed E-state index contributed by atoms with van der Waals surface area (Å²) in [4.78, 5) is 5.19. The smallest absolute Gasteiger partial charge is 0.252 e. The summed E-state index contributed by atoms with van der Waals surface area (Å²) in [6.45, 7) is 13.8. The third kappa shape index (κ3) is 6.98. The van der Waals surface area contributed by atoms with Gasteiger partial charge in [0.05, 0.1) is 27.5 Å². The molecule has 0 saturated carbocycles. The van der Waals surface area contributed by atoms with E-state index in [1.807, 2.05) is 0 Å². The van der Waals surface area contributed by atoms with Gasteiger partial charge < -0.3 is 23.5 Å². The van der Waals surface area contributed by atoms with E-state index in [1.54, 1.807) is 0 Å². The molecule has 0 bridgehead atoms. The molecular weight excluding hydrogens is 1060 g/mol. The molecule has 0 atom stereocenters. The van der Waals surface area contributed by atoms with Crippen molar-refractivity contribution in [2.45, 2.75) is 57.8 Å². The van der Waals surface area contributed by atoms with Crippen LogP contribution in [0.3, 0.4) is 0 Å². The standard InChI is InChI=1S/C81H60BN3O2/c1-79(2,3)51-34-39-54(40-35-51)83-68-42-36-52(80(4,5)6)44-65(68)82-66-47-60-56-22-10-13-25-61(56)81(62-26-14-18-30-74(62)86-75-31-19-15-27-63(75)81)64(60)48-70(66)84(53-37-32-50(33-38-53)49-20-8-7-9-21-49)72-46-55(45-71(83)77(72)82)85-67-28-16-11-24-59(67)76-69(85)43-41-58-57-23-12-17-29-73(57)87-78(58)76/h7-48H,1-6H3. The Labute approximate surface area is 507 Å². The highest BCUT2D eigenvalue weighted by Crippen LogP contribution is 2.63. The molecule has 14 aromatic rings. The zero-order valence-corrected chi connectivity index (χ0v) is 49.5. The molecule has 87 heavy (non-hydrogen) atoms. The maximum absolute atomic E-state index is 6.93. The third-order valence-electron chi connectivity index (χ3n) is 19.5. The van der Waals surface area contributed by atoms with Crippen molar-refractivity contribution in [3.63, 3.8) is 0 Å².